The monoisotopic (exact) mass is 867 g/mol. The van der Waals surface area contributed by atoms with Gasteiger partial charge in [0.1, 0.15) is 5.75 Å². The first-order chi connectivity index (χ1) is 30.9. The van der Waals surface area contributed by atoms with Gasteiger partial charge in [-0.2, -0.15) is 0 Å². The Kier molecular flexibility index (Phi) is 11.9. The van der Waals surface area contributed by atoms with Crippen LogP contribution in [0.15, 0.2) is 249 Å². The molecule has 0 radical (unpaired) electrons. The van der Waals surface area contributed by atoms with Crippen molar-refractivity contribution in [2.45, 2.75) is 0 Å². The quantitative estimate of drug-likeness (QED) is 0.0789. The summed E-state index contributed by atoms with van der Waals surface area (Å²) in [4.78, 5) is 14.2. The van der Waals surface area contributed by atoms with Gasteiger partial charge in [-0.3, -0.25) is 0 Å². The second-order valence-electron chi connectivity index (χ2n) is 15.6. The number of hydrogen-bond donors (Lipinski definition) is 3. The summed E-state index contributed by atoms with van der Waals surface area (Å²) in [5.74, 6) is 0.334. The Morgan fingerprint density at radius 1 is 0.333 bits per heavy atom. The van der Waals surface area contributed by atoms with Crippen LogP contribution in [0.25, 0.3) is 32.7 Å². The molecule has 0 aliphatic carbocycles. The molecule has 10 aromatic carbocycles. The van der Waals surface area contributed by atoms with E-state index < -0.39 is 24.4 Å². The minimum absolute atomic E-state index is 0.334. The van der Waals surface area contributed by atoms with Crippen LogP contribution < -0.4 is 41.5 Å². The summed E-state index contributed by atoms with van der Waals surface area (Å²) in [5, 5.41) is 27.8. The number of aromatic hydroxyl groups is 1. The lowest BCUT2D eigenvalue weighted by Crippen LogP contribution is -2.74. The first-order valence-electron chi connectivity index (χ1n) is 20.9. The van der Waals surface area contributed by atoms with Crippen LogP contribution in [-0.4, -0.2) is 31.0 Å². The maximum atomic E-state index is 13.6. The minimum Gasteiger partial charge on any atom is -0.507 e. The summed E-state index contributed by atoms with van der Waals surface area (Å²) >= 11 is 0. The highest BCUT2D eigenvalue weighted by atomic mass is 31.1. The van der Waals surface area contributed by atoms with Crippen molar-refractivity contribution in [1.82, 2.24) is 0 Å². The van der Waals surface area contributed by atoms with Gasteiger partial charge in [-0.25, -0.2) is 0 Å². The van der Waals surface area contributed by atoms with Crippen molar-refractivity contribution in [3.63, 3.8) is 0 Å². The second kappa shape index (κ2) is 18.1. The smallest absolute Gasteiger partial charge is 0.507 e. The van der Waals surface area contributed by atoms with Crippen LogP contribution in [0.4, 0.5) is 0 Å². The van der Waals surface area contributed by atoms with E-state index in [1.165, 1.54) is 36.3 Å². The third-order valence-corrected chi connectivity index (χ3v) is 21.8. The molecule has 0 aromatic heterocycles. The third-order valence-electron chi connectivity index (χ3n) is 12.2. The molecule has 4 nitrogen and oxygen atoms in total. The van der Waals surface area contributed by atoms with Gasteiger partial charge in [-0.1, -0.05) is 249 Å². The predicted molar refractivity (Wildman–Crippen MR) is 268 cm³/mol. The standard InChI is InChI=1S/C56H42OSi2.HO3P/c57-56-54(59(47-31-13-4-14-32-47,48-33-15-5-16-34-48)49-35-17-6-18-36-49)40-43-24-20-22-38-52(43)55(56)53-41-50(39-42-23-19-21-37-51(42)53)58(44-25-7-1-8-26-44,45-27-9-2-10-28-45)46-29-11-3-12-30-46;1-4(2)3/h1-41,57H;(H-,1,2,3)/p+1. The Bertz CT molecular complexity index is 2960. The van der Waals surface area contributed by atoms with E-state index in [0.717, 1.165) is 37.9 Å². The normalized spacial score (nSPS) is 11.5. The lowest BCUT2D eigenvalue weighted by molar-refractivity contribution is 0.405. The molecule has 7 heteroatoms. The highest BCUT2D eigenvalue weighted by molar-refractivity contribution is 7.30. The third kappa shape index (κ3) is 7.55. The molecule has 0 spiro atoms. The van der Waals surface area contributed by atoms with Crippen molar-refractivity contribution < 1.29 is 19.5 Å². The Morgan fingerprint density at radius 2 is 0.635 bits per heavy atom. The molecule has 10 rings (SSSR count). The summed E-state index contributed by atoms with van der Waals surface area (Å²) in [6.07, 6.45) is 0. The zero-order valence-electron chi connectivity index (χ0n) is 34.4. The number of fused-ring (bicyclic) bond motifs is 2. The molecule has 0 amide bonds. The molecule has 10 aromatic rings. The van der Waals surface area contributed by atoms with Gasteiger partial charge in [0.05, 0.1) is 0 Å². The first-order valence-corrected chi connectivity index (χ1v) is 26.1. The summed E-state index contributed by atoms with van der Waals surface area (Å²) in [6.45, 7) is 0. The van der Waals surface area contributed by atoms with Gasteiger partial charge in [0, 0.05) is 10.1 Å². The van der Waals surface area contributed by atoms with E-state index >= 15 is 0 Å². The van der Waals surface area contributed by atoms with E-state index in [4.69, 9.17) is 14.4 Å². The Hall–Kier alpha value is -7.03. The van der Waals surface area contributed by atoms with E-state index in [1.54, 1.807) is 0 Å². The van der Waals surface area contributed by atoms with Crippen molar-refractivity contribution in [2.75, 3.05) is 0 Å². The fourth-order valence-electron chi connectivity index (χ4n) is 9.72. The predicted octanol–water partition coefficient (Wildman–Crippen LogP) is 7.75. The number of phenolic OH excluding ortho intramolecular Hbond substituents is 1. The molecule has 3 N–H and O–H groups in total. The van der Waals surface area contributed by atoms with Gasteiger partial charge in [-0.15, -0.1) is 9.79 Å². The highest BCUT2D eigenvalue weighted by Crippen LogP contribution is 2.40. The Morgan fingerprint density at radius 3 is 1.02 bits per heavy atom. The molecule has 0 bridgehead atoms. The van der Waals surface area contributed by atoms with Crippen molar-refractivity contribution in [3.8, 4) is 16.9 Å². The molecule has 0 unspecified atom stereocenters. The first kappa shape index (κ1) is 41.3. The average molecular weight is 868 g/mol. The fourth-order valence-corrected chi connectivity index (χ4v) is 19.4. The van der Waals surface area contributed by atoms with Gasteiger partial charge in [-0.05, 0) is 68.6 Å². The Balaban J connectivity index is 0.00000121. The van der Waals surface area contributed by atoms with Crippen molar-refractivity contribution in [2.24, 2.45) is 0 Å². The van der Waals surface area contributed by atoms with Gasteiger partial charge < -0.3 is 5.11 Å². The van der Waals surface area contributed by atoms with E-state index in [-0.39, 0.29) is 0 Å². The molecular formula is C56H44O4PSi2+. The largest absolute Gasteiger partial charge is 0.692 e. The molecule has 0 fully saturated rings. The van der Waals surface area contributed by atoms with Gasteiger partial charge in [0.15, 0.2) is 16.1 Å². The van der Waals surface area contributed by atoms with Crippen molar-refractivity contribution >= 4 is 87.4 Å². The topological polar surface area (TPSA) is 77.8 Å². The molecular weight excluding hydrogens is 824 g/mol. The molecule has 0 saturated carbocycles. The van der Waals surface area contributed by atoms with Crippen molar-refractivity contribution in [3.05, 3.63) is 249 Å². The van der Waals surface area contributed by atoms with E-state index in [9.17, 15) is 5.11 Å². The number of benzene rings is 10. The van der Waals surface area contributed by atoms with Crippen LogP contribution in [0.5, 0.6) is 5.75 Å². The van der Waals surface area contributed by atoms with E-state index in [2.05, 4.69) is 249 Å². The van der Waals surface area contributed by atoms with Crippen LogP contribution in [-0.2, 0) is 4.57 Å². The molecule has 304 valence electrons. The maximum absolute atomic E-state index is 13.6. The number of rotatable bonds is 9. The van der Waals surface area contributed by atoms with E-state index in [1.807, 2.05) is 0 Å². The summed E-state index contributed by atoms with van der Waals surface area (Å²) in [6, 6.07) is 90.4. The highest BCUT2D eigenvalue weighted by Gasteiger charge is 2.45. The lowest BCUT2D eigenvalue weighted by atomic mass is 9.93. The zero-order chi connectivity index (χ0) is 43.2. The molecule has 0 atom stereocenters. The summed E-state index contributed by atoms with van der Waals surface area (Å²) in [7, 11) is -8.96. The van der Waals surface area contributed by atoms with Crippen LogP contribution in [0, 0.1) is 0 Å². The van der Waals surface area contributed by atoms with Gasteiger partial charge in [0.25, 0.3) is 0 Å². The fraction of sp³-hybridized carbons (Fsp3) is 0. The maximum Gasteiger partial charge on any atom is 0.692 e. The van der Waals surface area contributed by atoms with Crippen LogP contribution in [0.3, 0.4) is 0 Å². The van der Waals surface area contributed by atoms with Crippen molar-refractivity contribution in [1.29, 1.82) is 0 Å². The molecule has 0 saturated heterocycles. The Labute approximate surface area is 370 Å². The second-order valence-corrected chi connectivity index (χ2v) is 23.6. The number of hydrogen-bond acceptors (Lipinski definition) is 2. The molecule has 0 aliphatic heterocycles. The minimum atomic E-state index is -3.14. The average Bonchev–Trinajstić information content (AvgIpc) is 3.34. The molecule has 0 aliphatic rings. The van der Waals surface area contributed by atoms with Crippen LogP contribution in [0.2, 0.25) is 0 Å². The molecule has 0 heterocycles. The SMILES string of the molecule is O=[P+](O)O.Oc1c([Si](c2ccccc2)(c2ccccc2)c2ccccc2)cc2ccccc2c1-c1cc([Si](c2ccccc2)(c2ccccc2)c2ccccc2)cc2ccccc12. The van der Waals surface area contributed by atoms with Crippen LogP contribution in [0.1, 0.15) is 0 Å². The van der Waals surface area contributed by atoms with Gasteiger partial charge in [0.2, 0.25) is 0 Å². The number of phenols is 1. The zero-order valence-corrected chi connectivity index (χ0v) is 37.3. The lowest BCUT2D eigenvalue weighted by Gasteiger charge is -2.36. The summed E-state index contributed by atoms with van der Waals surface area (Å²) in [5.41, 5.74) is 1.90. The molecule has 63 heavy (non-hydrogen) atoms. The van der Waals surface area contributed by atoms with Crippen LogP contribution >= 0.6 is 8.25 Å². The van der Waals surface area contributed by atoms with Gasteiger partial charge >= 0.3 is 8.25 Å². The van der Waals surface area contributed by atoms with E-state index in [0.29, 0.717) is 5.75 Å². The summed E-state index contributed by atoms with van der Waals surface area (Å²) < 4.78 is 8.70.